The molecule has 0 spiro atoms. The molecule has 0 aromatic rings. The zero-order valence-electron chi connectivity index (χ0n) is 6.96. The molecule has 0 heterocycles. The third-order valence-corrected chi connectivity index (χ3v) is 1.48. The van der Waals surface area contributed by atoms with Gasteiger partial charge < -0.3 is 9.84 Å². The highest BCUT2D eigenvalue weighted by Crippen LogP contribution is 2.54. The van der Waals surface area contributed by atoms with E-state index in [9.17, 15) is 39.5 Å². The molecule has 0 rings (SSSR count). The van der Waals surface area contributed by atoms with E-state index in [0.717, 1.165) is 0 Å². The summed E-state index contributed by atoms with van der Waals surface area (Å²) in [5.41, 5.74) is -6.39. The maximum absolute atomic E-state index is 11.9. The van der Waals surface area contributed by atoms with E-state index in [2.05, 4.69) is 4.74 Å². The molecule has 11 heteroatoms. The number of hydrogen-bond acceptors (Lipinski definition) is 2. The van der Waals surface area contributed by atoms with E-state index in [1.165, 1.54) is 0 Å². The minimum Gasteiger partial charge on any atom is -0.371 e. The lowest BCUT2D eigenvalue weighted by Crippen LogP contribution is -2.67. The van der Waals surface area contributed by atoms with Crippen molar-refractivity contribution in [3.05, 3.63) is 0 Å². The molecule has 0 bridgehead atoms. The first-order chi connectivity index (χ1) is 6.81. The van der Waals surface area contributed by atoms with Crippen LogP contribution in [0.4, 0.5) is 39.5 Å². The van der Waals surface area contributed by atoms with E-state index in [1.807, 2.05) is 0 Å². The van der Waals surface area contributed by atoms with Gasteiger partial charge in [0.1, 0.15) is 6.79 Å². The van der Waals surface area contributed by atoms with Gasteiger partial charge in [-0.15, -0.1) is 0 Å². The fourth-order valence-corrected chi connectivity index (χ4v) is 0.824. The fourth-order valence-electron chi connectivity index (χ4n) is 0.824. The van der Waals surface area contributed by atoms with Crippen molar-refractivity contribution in [2.45, 2.75) is 24.1 Å². The predicted octanol–water partition coefficient (Wildman–Crippen LogP) is 2.38. The van der Waals surface area contributed by atoms with E-state index < -0.39 is 30.9 Å². The largest absolute Gasteiger partial charge is 0.435 e. The van der Waals surface area contributed by atoms with Gasteiger partial charge in [-0.3, -0.25) is 0 Å². The van der Waals surface area contributed by atoms with Crippen LogP contribution in [0.15, 0.2) is 0 Å². The Bertz CT molecular complexity index is 200. The molecule has 0 amide bonds. The Morgan fingerprint density at radius 1 is 0.688 bits per heavy atom. The lowest BCUT2D eigenvalue weighted by atomic mass is 10.0. The van der Waals surface area contributed by atoms with Crippen molar-refractivity contribution < 1.29 is 49.4 Å². The number of aliphatic hydroxyl groups excluding tert-OH is 1. The lowest BCUT2D eigenvalue weighted by molar-refractivity contribution is -0.464. The van der Waals surface area contributed by atoms with Crippen molar-refractivity contribution in [3.8, 4) is 0 Å². The third-order valence-electron chi connectivity index (χ3n) is 1.48. The summed E-state index contributed by atoms with van der Waals surface area (Å²) < 4.78 is 109. The van der Waals surface area contributed by atoms with Gasteiger partial charge in [0.25, 0.3) is 0 Å². The van der Waals surface area contributed by atoms with Gasteiger partial charge in [-0.1, -0.05) is 0 Å². The fraction of sp³-hybridized carbons (Fsp3) is 1.00. The van der Waals surface area contributed by atoms with E-state index in [1.54, 1.807) is 0 Å². The summed E-state index contributed by atoms with van der Waals surface area (Å²) >= 11 is 0. The number of alkyl halides is 9. The normalized spacial score (nSPS) is 15.4. The monoisotopic (exact) mass is 266 g/mol. The van der Waals surface area contributed by atoms with Crippen LogP contribution in [0.25, 0.3) is 0 Å². The van der Waals surface area contributed by atoms with Crippen LogP contribution in [0.1, 0.15) is 0 Å². The zero-order valence-corrected chi connectivity index (χ0v) is 6.96. The van der Waals surface area contributed by atoms with Gasteiger partial charge in [0.05, 0.1) is 0 Å². The molecule has 0 aliphatic heterocycles. The number of ether oxygens (including phenoxy) is 1. The number of rotatable bonds is 2. The second kappa shape index (κ2) is 3.95. The molecule has 16 heavy (non-hydrogen) atoms. The van der Waals surface area contributed by atoms with Crippen molar-refractivity contribution in [3.63, 3.8) is 0 Å². The Labute approximate surface area is 81.6 Å². The molecule has 1 N–H and O–H groups in total. The second-order valence-corrected chi connectivity index (χ2v) is 2.45. The van der Waals surface area contributed by atoms with Gasteiger partial charge in [-0.25, -0.2) is 0 Å². The average molecular weight is 266 g/mol. The first-order valence-electron chi connectivity index (χ1n) is 3.26. The molecule has 0 aliphatic rings. The van der Waals surface area contributed by atoms with Crippen LogP contribution in [0, 0.1) is 0 Å². The summed E-state index contributed by atoms with van der Waals surface area (Å²) in [6.07, 6.45) is -20.4. The molecular formula is C5H3F9O2. The number of hydrogen-bond donors (Lipinski definition) is 1. The Morgan fingerprint density at radius 2 is 0.938 bits per heavy atom. The maximum atomic E-state index is 11.9. The van der Waals surface area contributed by atoms with Crippen molar-refractivity contribution in [2.24, 2.45) is 0 Å². The van der Waals surface area contributed by atoms with Crippen molar-refractivity contribution in [1.82, 2.24) is 0 Å². The van der Waals surface area contributed by atoms with Crippen LogP contribution >= 0.6 is 0 Å². The van der Waals surface area contributed by atoms with Crippen molar-refractivity contribution in [2.75, 3.05) is 6.79 Å². The van der Waals surface area contributed by atoms with Crippen molar-refractivity contribution >= 4 is 0 Å². The minimum atomic E-state index is -6.80. The molecular weight excluding hydrogens is 263 g/mol. The molecule has 2 nitrogen and oxygen atoms in total. The summed E-state index contributed by atoms with van der Waals surface area (Å²) in [7, 11) is 0. The quantitative estimate of drug-likeness (QED) is 0.614. The standard InChI is InChI=1S/C5H3F9O2/c6-3(7,8)2(16-1-15,4(9,10)11)5(12,13)14/h15H,1H2. The smallest absolute Gasteiger partial charge is 0.371 e. The predicted molar refractivity (Wildman–Crippen MR) is 29.1 cm³/mol. The van der Waals surface area contributed by atoms with Crippen LogP contribution < -0.4 is 0 Å². The van der Waals surface area contributed by atoms with Crippen LogP contribution in [-0.2, 0) is 4.74 Å². The molecule has 0 aromatic carbocycles. The molecule has 0 saturated carbocycles. The van der Waals surface area contributed by atoms with Gasteiger partial charge in [-0.2, -0.15) is 39.5 Å². The number of aliphatic hydroxyl groups is 1. The number of halogens is 9. The Balaban J connectivity index is 5.82. The van der Waals surface area contributed by atoms with Gasteiger partial charge in [0.2, 0.25) is 0 Å². The molecule has 0 radical (unpaired) electrons. The van der Waals surface area contributed by atoms with Gasteiger partial charge >= 0.3 is 24.1 Å². The first-order valence-corrected chi connectivity index (χ1v) is 3.26. The average Bonchev–Trinajstić information content (AvgIpc) is 1.91. The van der Waals surface area contributed by atoms with E-state index in [-0.39, 0.29) is 0 Å². The summed E-state index contributed by atoms with van der Waals surface area (Å²) in [6.45, 7) is -2.39. The summed E-state index contributed by atoms with van der Waals surface area (Å²) in [5.74, 6) is 0. The minimum absolute atomic E-state index is 2.39. The van der Waals surface area contributed by atoms with Gasteiger partial charge in [-0.05, 0) is 0 Å². The summed E-state index contributed by atoms with van der Waals surface area (Å²) in [5, 5.41) is 7.77. The van der Waals surface area contributed by atoms with E-state index in [4.69, 9.17) is 5.11 Å². The molecule has 0 fully saturated rings. The van der Waals surface area contributed by atoms with E-state index >= 15 is 0 Å². The van der Waals surface area contributed by atoms with Crippen LogP contribution in [-0.4, -0.2) is 36.0 Å². The van der Waals surface area contributed by atoms with Gasteiger partial charge in [0, 0.05) is 0 Å². The first kappa shape index (κ1) is 15.3. The van der Waals surface area contributed by atoms with Crippen LogP contribution in [0.2, 0.25) is 0 Å². The zero-order chi connectivity index (χ0) is 13.4. The SMILES string of the molecule is OCOC(C(F)(F)F)(C(F)(F)F)C(F)(F)F. The maximum Gasteiger partial charge on any atom is 0.435 e. The van der Waals surface area contributed by atoms with Gasteiger partial charge in [0.15, 0.2) is 0 Å². The Hall–Kier alpha value is -0.710. The summed E-state index contributed by atoms with van der Waals surface area (Å²) in [6, 6.07) is 0. The second-order valence-electron chi connectivity index (χ2n) is 2.45. The molecule has 0 atom stereocenters. The molecule has 0 unspecified atom stereocenters. The highest BCUT2D eigenvalue weighted by atomic mass is 19.4. The van der Waals surface area contributed by atoms with Crippen molar-refractivity contribution in [1.29, 1.82) is 0 Å². The summed E-state index contributed by atoms with van der Waals surface area (Å²) in [4.78, 5) is 0. The highest BCUT2D eigenvalue weighted by Gasteiger charge is 2.85. The topological polar surface area (TPSA) is 29.5 Å². The molecule has 98 valence electrons. The Morgan fingerprint density at radius 3 is 1.00 bits per heavy atom. The van der Waals surface area contributed by atoms with Crippen LogP contribution in [0.3, 0.4) is 0 Å². The molecule has 0 aromatic heterocycles. The van der Waals surface area contributed by atoms with Crippen LogP contribution in [0.5, 0.6) is 0 Å². The van der Waals surface area contributed by atoms with E-state index in [0.29, 0.717) is 0 Å². The molecule has 0 saturated heterocycles. The lowest BCUT2D eigenvalue weighted by Gasteiger charge is -2.37. The Kier molecular flexibility index (Phi) is 3.77. The third kappa shape index (κ3) is 2.19. The molecule has 0 aliphatic carbocycles. The highest BCUT2D eigenvalue weighted by molar-refractivity contribution is 5.02.